The Kier molecular flexibility index (Phi) is 21.4. The first-order chi connectivity index (χ1) is 37.9. The van der Waals surface area contributed by atoms with Crippen molar-refractivity contribution in [1.82, 2.24) is 35.6 Å². The lowest BCUT2D eigenvalue weighted by Gasteiger charge is -2.49. The molecule has 6 atom stereocenters. The van der Waals surface area contributed by atoms with Crippen molar-refractivity contribution >= 4 is 108 Å². The molecule has 3 aromatic carbocycles. The smallest absolute Gasteiger partial charge is 0.281 e. The largest absolute Gasteiger partial charge is 0.507 e. The lowest BCUT2D eigenvalue weighted by atomic mass is 9.79. The van der Waals surface area contributed by atoms with Gasteiger partial charge in [0.2, 0.25) is 29.1 Å². The molecule has 27 heteroatoms. The molecule has 0 spiro atoms. The Morgan fingerprint density at radius 3 is 1.94 bits per heavy atom. The van der Waals surface area contributed by atoms with E-state index in [1.54, 1.807) is 30.9 Å². The molecule has 3 saturated heterocycles. The van der Waals surface area contributed by atoms with Gasteiger partial charge in [-0.15, -0.1) is 24.8 Å². The van der Waals surface area contributed by atoms with Crippen LogP contribution in [0.2, 0.25) is 0 Å². The van der Waals surface area contributed by atoms with Crippen molar-refractivity contribution in [3.63, 3.8) is 0 Å². The predicted molar refractivity (Wildman–Crippen MR) is 316 cm³/mol. The minimum atomic E-state index is -3.67. The second-order valence-electron chi connectivity index (χ2n) is 21.6. The number of aromatic hydroxyl groups is 2. The molecule has 0 unspecified atom stereocenters. The summed E-state index contributed by atoms with van der Waals surface area (Å²) in [6.45, 7) is 11.4. The zero-order valence-electron chi connectivity index (χ0n) is 46.4. The van der Waals surface area contributed by atoms with E-state index in [0.717, 1.165) is 34.1 Å². The number of rotatable bonds is 17. The van der Waals surface area contributed by atoms with Crippen LogP contribution in [0.3, 0.4) is 0 Å². The minimum Gasteiger partial charge on any atom is -0.507 e. The number of fused-ring (bicyclic) bond motifs is 7. The van der Waals surface area contributed by atoms with Gasteiger partial charge in [0.1, 0.15) is 23.6 Å². The lowest BCUT2D eigenvalue weighted by molar-refractivity contribution is -0.322. The maximum Gasteiger partial charge on any atom is 0.281 e. The van der Waals surface area contributed by atoms with Crippen molar-refractivity contribution in [3.8, 4) is 11.5 Å². The number of aromatic amines is 1. The Morgan fingerprint density at radius 2 is 1.41 bits per heavy atom. The number of hydrogen-bond donors (Lipinski definition) is 12. The highest BCUT2D eigenvalue weighted by Gasteiger charge is 2.72. The fourth-order valence-electron chi connectivity index (χ4n) is 11.8. The summed E-state index contributed by atoms with van der Waals surface area (Å²) in [5.41, 5.74) is 3.35. The summed E-state index contributed by atoms with van der Waals surface area (Å²) in [6.07, 6.45) is 5.20. The Hall–Kier alpha value is -5.42. The number of anilines is 2. The topological polar surface area (TPSA) is 336 Å². The number of aromatic nitrogens is 1. The SMILES string of the molecule is CC(C)C[C@H]1C(=O)N2CCC[C@H]2[C@]2(O)O[C@](NC(=O)[C@@H]3C=C4c5cccc6[nH]c(Br)c(c56)C[C@H]4N(C)C3)(C(C)C)C(=O)N12.CS(=O)(=O)O.Cl.Cl.O=C1c2c(O)ccc(O)c2C(=O)c2c(NCCNCCO)ccc(NCCNCCO)c21. The third-order valence-electron chi connectivity index (χ3n) is 15.3. The molecule has 4 aliphatic heterocycles. The van der Waals surface area contributed by atoms with E-state index in [4.69, 9.17) is 19.5 Å². The molecule has 10 rings (SSSR count). The van der Waals surface area contributed by atoms with Crippen LogP contribution in [0.4, 0.5) is 11.4 Å². The Labute approximate surface area is 496 Å². The molecule has 0 bridgehead atoms. The highest BCUT2D eigenvalue weighted by atomic mass is 79.9. The van der Waals surface area contributed by atoms with Gasteiger partial charge < -0.3 is 62.0 Å². The summed E-state index contributed by atoms with van der Waals surface area (Å²) >= 11 is 3.70. The molecule has 12 N–H and O–H groups in total. The van der Waals surface area contributed by atoms with Crippen LogP contribution in [0.1, 0.15) is 89.9 Å². The van der Waals surface area contributed by atoms with Crippen LogP contribution in [0, 0.1) is 17.8 Å². The zero-order chi connectivity index (χ0) is 58.2. The number of carbonyl (C=O) groups is 5. The molecular formula is C55H74BrCl2N9O14S. The number of hydrogen-bond acceptors (Lipinski definition) is 18. The van der Waals surface area contributed by atoms with E-state index in [9.17, 15) is 47.7 Å². The average Bonchev–Trinajstić information content (AvgIpc) is 2.33. The Balaban J connectivity index is 0.000000247. The Morgan fingerprint density at radius 1 is 0.854 bits per heavy atom. The highest BCUT2D eigenvalue weighted by molar-refractivity contribution is 9.10. The molecule has 3 fully saturated rings. The molecule has 1 aromatic heterocycles. The van der Waals surface area contributed by atoms with Crippen molar-refractivity contribution in [1.29, 1.82) is 0 Å². The summed E-state index contributed by atoms with van der Waals surface area (Å²) in [5, 5.41) is 66.9. The van der Waals surface area contributed by atoms with E-state index in [1.165, 1.54) is 28.0 Å². The number of ether oxygens (including phenoxy) is 1. The van der Waals surface area contributed by atoms with Gasteiger partial charge in [-0.05, 0) is 102 Å². The molecule has 5 heterocycles. The number of halogens is 3. The van der Waals surface area contributed by atoms with E-state index in [1.807, 2.05) is 33.0 Å². The molecular weight excluding hydrogens is 1190 g/mol. The van der Waals surface area contributed by atoms with Crippen molar-refractivity contribution < 1.29 is 67.2 Å². The number of ketones is 2. The number of H-pyrrole nitrogens is 1. The number of nitrogens with zero attached hydrogens (tertiary/aromatic N) is 3. The first-order valence-corrected chi connectivity index (χ1v) is 29.5. The molecule has 0 saturated carbocycles. The molecule has 23 nitrogen and oxygen atoms in total. The van der Waals surface area contributed by atoms with Gasteiger partial charge in [0.25, 0.3) is 21.9 Å². The lowest BCUT2D eigenvalue weighted by Crippen LogP contribution is -2.71. The second-order valence-corrected chi connectivity index (χ2v) is 23.9. The maximum absolute atomic E-state index is 14.4. The average molecular weight is 1270 g/mol. The molecule has 6 aliphatic rings. The first kappa shape index (κ1) is 65.7. The number of aliphatic hydroxyl groups excluding tert-OH is 2. The molecule has 4 aromatic rings. The van der Waals surface area contributed by atoms with E-state index >= 15 is 0 Å². The van der Waals surface area contributed by atoms with Crippen LogP contribution in [0.25, 0.3) is 16.5 Å². The number of aliphatic hydroxyl groups is 3. The van der Waals surface area contributed by atoms with E-state index < -0.39 is 63.1 Å². The number of likely N-dealkylation sites (N-methyl/N-ethyl adjacent to an activating group) is 1. The van der Waals surface area contributed by atoms with Gasteiger partial charge in [-0.1, -0.05) is 45.9 Å². The van der Waals surface area contributed by atoms with Gasteiger partial charge in [0.05, 0.1) is 52.2 Å². The number of phenols is 2. The van der Waals surface area contributed by atoms with Crippen LogP contribution in [0.15, 0.2) is 53.1 Å². The van der Waals surface area contributed by atoms with Gasteiger partial charge in [0.15, 0.2) is 0 Å². The quantitative estimate of drug-likeness (QED) is 0.0361. The third-order valence-corrected chi connectivity index (χ3v) is 16.0. The van der Waals surface area contributed by atoms with E-state index in [-0.39, 0.29) is 95.6 Å². The fourth-order valence-corrected chi connectivity index (χ4v) is 12.4. The van der Waals surface area contributed by atoms with Crippen LogP contribution < -0.4 is 26.6 Å². The predicted octanol–water partition coefficient (Wildman–Crippen LogP) is 3.40. The normalized spacial score (nSPS) is 23.3. The molecule has 3 amide bonds. The van der Waals surface area contributed by atoms with Crippen molar-refractivity contribution in [2.75, 3.05) is 89.5 Å². The van der Waals surface area contributed by atoms with Crippen LogP contribution in [-0.4, -0.2) is 196 Å². The van der Waals surface area contributed by atoms with Crippen LogP contribution in [-0.2, 0) is 35.7 Å². The minimum absolute atomic E-state index is 0. The van der Waals surface area contributed by atoms with Crippen molar-refractivity contribution in [3.05, 3.63) is 86.5 Å². The maximum atomic E-state index is 14.4. The molecule has 0 radical (unpaired) electrons. The number of piperazine rings is 1. The second kappa shape index (κ2) is 26.7. The monoisotopic (exact) mass is 1270 g/mol. The Bertz CT molecular complexity index is 3130. The highest BCUT2D eigenvalue weighted by Crippen LogP contribution is 2.49. The van der Waals surface area contributed by atoms with E-state index in [0.29, 0.717) is 82.8 Å². The number of nitrogens with one attached hydrogen (secondary N) is 6. The summed E-state index contributed by atoms with van der Waals surface area (Å²) in [5.74, 6) is -5.88. The van der Waals surface area contributed by atoms with Crippen LogP contribution >= 0.6 is 40.7 Å². The van der Waals surface area contributed by atoms with Gasteiger partial charge in [-0.3, -0.25) is 43.1 Å². The number of amides is 3. The van der Waals surface area contributed by atoms with Crippen molar-refractivity contribution in [2.24, 2.45) is 17.8 Å². The van der Waals surface area contributed by atoms with Gasteiger partial charge in [-0.2, -0.15) is 8.42 Å². The summed E-state index contributed by atoms with van der Waals surface area (Å²) in [7, 11) is -1.64. The molecule has 450 valence electrons. The third kappa shape index (κ3) is 12.8. The zero-order valence-corrected chi connectivity index (χ0v) is 50.4. The molecule has 82 heavy (non-hydrogen) atoms. The van der Waals surface area contributed by atoms with Gasteiger partial charge >= 0.3 is 0 Å². The van der Waals surface area contributed by atoms with Crippen LogP contribution in [0.5, 0.6) is 11.5 Å². The fraction of sp³-hybridized carbons (Fsp3) is 0.509. The number of benzene rings is 3. The summed E-state index contributed by atoms with van der Waals surface area (Å²) in [6, 6.07) is 10.5. The summed E-state index contributed by atoms with van der Waals surface area (Å²) in [4.78, 5) is 77.5. The first-order valence-electron chi connectivity index (χ1n) is 26.8. The summed E-state index contributed by atoms with van der Waals surface area (Å²) < 4.78 is 33.3. The van der Waals surface area contributed by atoms with Gasteiger partial charge in [-0.25, -0.2) is 0 Å². The standard InChI is InChI=1S/C32H40BrN5O5.C22H28N4O6.CH4O3S.2ClH/c1-16(2)12-24-29(40)37-11-7-10-25(37)32(42)38(24)30(41)31(43-32,17(3)4)35-28(39)18-13-20-19-8-6-9-22-26(19)21(27(33)34-22)14-23(20)36(5)15-18;27-11-9-23-5-7-25-13-1-2-14(26-8-6-24-10-12-28)18-17(13)21(31)19-15(29)3-4-16(30)20(19)22(18)32;1-5(2,3)4;;/h6,8-9,13,16-18,23-25,34,42H,7,10-12,14-15H2,1-5H3,(H,35,39);1-4,23-30H,5-12H2;1H3,(H,2,3,4);2*1H/t18-,23-,24+,25+,31-,32+;;;;/m1..../s1. The molecule has 2 aliphatic carbocycles. The van der Waals surface area contributed by atoms with Gasteiger partial charge in [0, 0.05) is 86.6 Å². The van der Waals surface area contributed by atoms with E-state index in [2.05, 4.69) is 64.5 Å². The van der Waals surface area contributed by atoms with Crippen molar-refractivity contribution in [2.45, 2.75) is 83.1 Å². The number of phenolic OH excluding ortho intramolecular Hbond substituents is 2. The number of carbonyl (C=O) groups excluding carboxylic acids is 5.